The van der Waals surface area contributed by atoms with E-state index in [9.17, 15) is 19.2 Å². The summed E-state index contributed by atoms with van der Waals surface area (Å²) in [6.45, 7) is 5.16. The normalized spacial score (nSPS) is 20.5. The summed E-state index contributed by atoms with van der Waals surface area (Å²) in [6.07, 6.45) is -0.520. The van der Waals surface area contributed by atoms with Crippen LogP contribution >= 0.6 is 0 Å². The molecule has 0 radical (unpaired) electrons. The number of methoxy groups -OCH3 is 1. The molecule has 1 heterocycles. The van der Waals surface area contributed by atoms with Crippen molar-refractivity contribution < 1.29 is 28.7 Å². The van der Waals surface area contributed by atoms with Crippen LogP contribution in [0.2, 0.25) is 0 Å². The Bertz CT molecular complexity index is 468. The molecule has 0 aromatic carbocycles. The van der Waals surface area contributed by atoms with Gasteiger partial charge in [-0.1, -0.05) is 0 Å². The average molecular weight is 314 g/mol. The predicted octanol–water partition coefficient (Wildman–Crippen LogP) is 0.290. The quantitative estimate of drug-likeness (QED) is 0.414. The lowest BCUT2D eigenvalue weighted by atomic mass is 9.93. The highest BCUT2D eigenvalue weighted by Gasteiger charge is 2.41. The molecular formula is C14H22N2O6. The van der Waals surface area contributed by atoms with Crippen LogP contribution < -0.4 is 10.6 Å². The number of ketones is 1. The monoisotopic (exact) mass is 314 g/mol. The second kappa shape index (κ2) is 7.24. The van der Waals surface area contributed by atoms with Crippen LogP contribution in [0.3, 0.4) is 0 Å². The van der Waals surface area contributed by atoms with E-state index < -0.39 is 23.7 Å². The molecule has 0 spiro atoms. The molecule has 0 unspecified atom stereocenters. The molecule has 1 saturated heterocycles. The van der Waals surface area contributed by atoms with Crippen molar-refractivity contribution in [3.05, 3.63) is 0 Å². The maximum absolute atomic E-state index is 11.6. The number of ether oxygens (including phenoxy) is 2. The molecule has 2 N–H and O–H groups in total. The van der Waals surface area contributed by atoms with Crippen molar-refractivity contribution in [3.8, 4) is 0 Å². The largest absolute Gasteiger partial charge is 0.469 e. The van der Waals surface area contributed by atoms with Crippen LogP contribution in [0.5, 0.6) is 0 Å². The third-order valence-corrected chi connectivity index (χ3v) is 2.99. The predicted molar refractivity (Wildman–Crippen MR) is 76.0 cm³/mol. The number of amides is 2. The lowest BCUT2D eigenvalue weighted by molar-refractivity contribution is -0.143. The maximum atomic E-state index is 11.6. The first kappa shape index (κ1) is 17.9. The fourth-order valence-corrected chi connectivity index (χ4v) is 1.92. The molecule has 124 valence electrons. The maximum Gasteiger partial charge on any atom is 0.408 e. The van der Waals surface area contributed by atoms with Crippen molar-refractivity contribution in [2.45, 2.75) is 57.7 Å². The molecule has 22 heavy (non-hydrogen) atoms. The number of esters is 1. The Morgan fingerprint density at radius 2 is 1.91 bits per heavy atom. The van der Waals surface area contributed by atoms with Gasteiger partial charge in [0.25, 0.3) is 0 Å². The minimum atomic E-state index is -0.722. The van der Waals surface area contributed by atoms with Crippen molar-refractivity contribution in [1.29, 1.82) is 0 Å². The number of hydrogen-bond donors (Lipinski definition) is 2. The van der Waals surface area contributed by atoms with Crippen molar-refractivity contribution >= 4 is 23.8 Å². The van der Waals surface area contributed by atoms with Crippen molar-refractivity contribution in [2.24, 2.45) is 0 Å². The van der Waals surface area contributed by atoms with Gasteiger partial charge in [-0.25, -0.2) is 4.79 Å². The lowest BCUT2D eigenvalue weighted by Crippen LogP contribution is -2.69. The van der Waals surface area contributed by atoms with E-state index in [0.29, 0.717) is 6.42 Å². The number of β-lactam (4-membered cyclic amide) rings is 1. The zero-order valence-corrected chi connectivity index (χ0v) is 13.2. The molecule has 0 aromatic rings. The van der Waals surface area contributed by atoms with Crippen LogP contribution in [0.1, 0.15) is 40.0 Å². The van der Waals surface area contributed by atoms with Gasteiger partial charge in [0, 0.05) is 6.42 Å². The third-order valence-electron chi connectivity index (χ3n) is 2.99. The number of rotatable bonds is 6. The Labute approximate surface area is 128 Å². The van der Waals surface area contributed by atoms with Gasteiger partial charge < -0.3 is 20.1 Å². The third kappa shape index (κ3) is 5.71. The Hall–Kier alpha value is -2.12. The molecule has 2 amide bonds. The summed E-state index contributed by atoms with van der Waals surface area (Å²) in [6, 6.07) is -1.07. The molecule has 0 aliphatic carbocycles. The van der Waals surface area contributed by atoms with Crippen molar-refractivity contribution in [3.63, 3.8) is 0 Å². The summed E-state index contributed by atoms with van der Waals surface area (Å²) < 4.78 is 9.48. The highest BCUT2D eigenvalue weighted by molar-refractivity contribution is 5.96. The zero-order valence-electron chi connectivity index (χ0n) is 13.2. The summed E-state index contributed by atoms with van der Waals surface area (Å²) in [7, 11) is 1.21. The van der Waals surface area contributed by atoms with Gasteiger partial charge in [-0.05, 0) is 27.2 Å². The van der Waals surface area contributed by atoms with E-state index in [2.05, 4.69) is 15.4 Å². The molecule has 8 nitrogen and oxygen atoms in total. The molecule has 0 bridgehead atoms. The van der Waals surface area contributed by atoms with Crippen molar-refractivity contribution in [1.82, 2.24) is 10.6 Å². The number of Topliss-reactive ketones (excluding diaryl/α,β-unsaturated/α-hetero) is 1. The Balaban J connectivity index is 2.39. The van der Waals surface area contributed by atoms with Crippen LogP contribution in [0, 0.1) is 0 Å². The van der Waals surface area contributed by atoms with Crippen LogP contribution in [0.4, 0.5) is 4.79 Å². The van der Waals surface area contributed by atoms with Gasteiger partial charge in [-0.15, -0.1) is 0 Å². The Morgan fingerprint density at radius 3 is 2.41 bits per heavy atom. The first-order valence-corrected chi connectivity index (χ1v) is 7.01. The summed E-state index contributed by atoms with van der Waals surface area (Å²) >= 11 is 0. The van der Waals surface area contributed by atoms with Crippen LogP contribution in [0.15, 0.2) is 0 Å². The average Bonchev–Trinajstić information content (AvgIpc) is 2.38. The van der Waals surface area contributed by atoms with Gasteiger partial charge in [0.1, 0.15) is 23.8 Å². The first-order chi connectivity index (χ1) is 10.1. The Morgan fingerprint density at radius 1 is 1.27 bits per heavy atom. The molecule has 1 aliphatic heterocycles. The molecule has 1 aliphatic rings. The molecular weight excluding hydrogens is 292 g/mol. The summed E-state index contributed by atoms with van der Waals surface area (Å²) in [5.41, 5.74) is -0.656. The molecule has 0 aromatic heterocycles. The lowest BCUT2D eigenvalue weighted by Gasteiger charge is -2.37. The molecule has 8 heteroatoms. The van der Waals surface area contributed by atoms with E-state index in [-0.39, 0.29) is 30.6 Å². The summed E-state index contributed by atoms with van der Waals surface area (Å²) in [4.78, 5) is 45.6. The van der Waals surface area contributed by atoms with E-state index in [1.54, 1.807) is 20.8 Å². The SMILES string of the molecule is COC(=O)CC(=O)CC[C@H]1NC(=O)[C@H]1NC(=O)OC(C)(C)C. The van der Waals surface area contributed by atoms with Gasteiger partial charge in [0.15, 0.2) is 0 Å². The second-order valence-corrected chi connectivity index (χ2v) is 6.07. The molecule has 0 saturated carbocycles. The van der Waals surface area contributed by atoms with Gasteiger partial charge in [-0.2, -0.15) is 0 Å². The molecule has 2 atom stereocenters. The van der Waals surface area contributed by atoms with E-state index in [4.69, 9.17) is 4.74 Å². The molecule has 1 fully saturated rings. The van der Waals surface area contributed by atoms with Gasteiger partial charge in [0.05, 0.1) is 13.2 Å². The fourth-order valence-electron chi connectivity index (χ4n) is 1.92. The number of alkyl carbamates (subject to hydrolysis) is 1. The van der Waals surface area contributed by atoms with E-state index >= 15 is 0 Å². The van der Waals surface area contributed by atoms with E-state index in [0.717, 1.165) is 0 Å². The van der Waals surface area contributed by atoms with Crippen LogP contribution in [-0.2, 0) is 23.9 Å². The minimum Gasteiger partial charge on any atom is -0.469 e. The molecule has 1 rings (SSSR count). The second-order valence-electron chi connectivity index (χ2n) is 6.07. The smallest absolute Gasteiger partial charge is 0.408 e. The number of carbonyl (C=O) groups is 4. The minimum absolute atomic E-state index is 0.118. The number of nitrogens with one attached hydrogen (secondary N) is 2. The fraction of sp³-hybridized carbons (Fsp3) is 0.714. The van der Waals surface area contributed by atoms with Crippen LogP contribution in [-0.4, -0.2) is 48.5 Å². The zero-order chi connectivity index (χ0) is 16.9. The first-order valence-electron chi connectivity index (χ1n) is 7.01. The van der Waals surface area contributed by atoms with Gasteiger partial charge in [0.2, 0.25) is 5.91 Å². The van der Waals surface area contributed by atoms with Crippen molar-refractivity contribution in [2.75, 3.05) is 7.11 Å². The van der Waals surface area contributed by atoms with Gasteiger partial charge >= 0.3 is 12.1 Å². The number of carbonyl (C=O) groups excluding carboxylic acids is 4. The topological polar surface area (TPSA) is 111 Å². The summed E-state index contributed by atoms with van der Waals surface area (Å²) in [5, 5.41) is 5.08. The Kier molecular flexibility index (Phi) is 5.90. The van der Waals surface area contributed by atoms with Gasteiger partial charge in [-0.3, -0.25) is 14.4 Å². The van der Waals surface area contributed by atoms with E-state index in [1.807, 2.05) is 0 Å². The van der Waals surface area contributed by atoms with E-state index in [1.165, 1.54) is 7.11 Å². The highest BCUT2D eigenvalue weighted by Crippen LogP contribution is 2.15. The number of hydrogen-bond acceptors (Lipinski definition) is 6. The highest BCUT2D eigenvalue weighted by atomic mass is 16.6. The van der Waals surface area contributed by atoms with Crippen LogP contribution in [0.25, 0.3) is 0 Å². The standard InChI is InChI=1S/C14H22N2O6/c1-14(2,3)22-13(20)16-11-9(15-12(11)19)6-5-8(17)7-10(18)21-4/h9,11H,5-7H2,1-4H3,(H,15,19)(H,16,20)/t9-,11+/m1/s1. The summed E-state index contributed by atoms with van der Waals surface area (Å²) in [5.74, 6) is -1.19.